The summed E-state index contributed by atoms with van der Waals surface area (Å²) >= 11 is 0. The van der Waals surface area contributed by atoms with Crippen LogP contribution in [0.4, 0.5) is 0 Å². The SMILES string of the molecule is N#CNC1(C(=O)O)CCCCCC1. The zero-order valence-electron chi connectivity index (χ0n) is 7.55. The number of carbonyl (C=O) groups is 1. The van der Waals surface area contributed by atoms with Crippen molar-refractivity contribution in [1.82, 2.24) is 5.32 Å². The Morgan fingerprint density at radius 2 is 1.85 bits per heavy atom. The van der Waals surface area contributed by atoms with E-state index in [-0.39, 0.29) is 0 Å². The molecule has 2 N–H and O–H groups in total. The van der Waals surface area contributed by atoms with Gasteiger partial charge in [-0.15, -0.1) is 0 Å². The standard InChI is InChI=1S/C9H14N2O2/c10-7-11-9(8(12)13)5-3-1-2-4-6-9/h11H,1-6H2,(H,12,13). The monoisotopic (exact) mass is 182 g/mol. The van der Waals surface area contributed by atoms with Crippen LogP contribution in [0.25, 0.3) is 0 Å². The Hall–Kier alpha value is -1.24. The van der Waals surface area contributed by atoms with Crippen LogP contribution >= 0.6 is 0 Å². The molecule has 4 heteroatoms. The summed E-state index contributed by atoms with van der Waals surface area (Å²) in [6.07, 6.45) is 6.81. The Bertz CT molecular complexity index is 224. The zero-order valence-corrected chi connectivity index (χ0v) is 7.55. The maximum atomic E-state index is 11.0. The van der Waals surface area contributed by atoms with Gasteiger partial charge in [0.2, 0.25) is 0 Å². The molecule has 0 bridgehead atoms. The average molecular weight is 182 g/mol. The number of aliphatic carboxylic acids is 1. The van der Waals surface area contributed by atoms with Crippen molar-refractivity contribution in [2.45, 2.75) is 44.1 Å². The number of rotatable bonds is 2. The first-order valence-corrected chi connectivity index (χ1v) is 4.61. The molecule has 1 fully saturated rings. The Morgan fingerprint density at radius 3 is 2.23 bits per heavy atom. The minimum Gasteiger partial charge on any atom is -0.479 e. The molecule has 0 atom stereocenters. The maximum absolute atomic E-state index is 11.0. The third kappa shape index (κ3) is 2.11. The Kier molecular flexibility index (Phi) is 3.13. The summed E-state index contributed by atoms with van der Waals surface area (Å²) in [6, 6.07) is 0. The molecule has 72 valence electrons. The Balaban J connectivity index is 2.75. The molecule has 0 aliphatic heterocycles. The van der Waals surface area contributed by atoms with Crippen LogP contribution in [-0.4, -0.2) is 16.6 Å². The first kappa shape index (κ1) is 9.85. The summed E-state index contributed by atoms with van der Waals surface area (Å²) in [5.74, 6) is -0.893. The van der Waals surface area contributed by atoms with Gasteiger partial charge < -0.3 is 10.4 Å². The van der Waals surface area contributed by atoms with E-state index in [1.165, 1.54) is 0 Å². The highest BCUT2D eigenvalue weighted by atomic mass is 16.4. The van der Waals surface area contributed by atoms with Gasteiger partial charge in [0.15, 0.2) is 6.19 Å². The number of nitriles is 1. The Labute approximate surface area is 77.6 Å². The average Bonchev–Trinajstić information content (AvgIpc) is 2.31. The van der Waals surface area contributed by atoms with Gasteiger partial charge in [-0.3, -0.25) is 0 Å². The van der Waals surface area contributed by atoms with Crippen molar-refractivity contribution in [2.75, 3.05) is 0 Å². The second kappa shape index (κ2) is 4.13. The molecular weight excluding hydrogens is 168 g/mol. The molecule has 4 nitrogen and oxygen atoms in total. The van der Waals surface area contributed by atoms with Gasteiger partial charge in [-0.05, 0) is 12.8 Å². The molecule has 1 aliphatic rings. The molecule has 0 aromatic carbocycles. The summed E-state index contributed by atoms with van der Waals surface area (Å²) in [7, 11) is 0. The van der Waals surface area contributed by atoms with E-state index in [4.69, 9.17) is 10.4 Å². The molecule has 13 heavy (non-hydrogen) atoms. The summed E-state index contributed by atoms with van der Waals surface area (Å²) in [6.45, 7) is 0. The molecule has 0 amide bonds. The maximum Gasteiger partial charge on any atom is 0.330 e. The van der Waals surface area contributed by atoms with Gasteiger partial charge in [0.05, 0.1) is 0 Å². The fourth-order valence-electron chi connectivity index (χ4n) is 1.83. The van der Waals surface area contributed by atoms with Gasteiger partial charge in [0, 0.05) is 0 Å². The van der Waals surface area contributed by atoms with Gasteiger partial charge in [-0.1, -0.05) is 25.7 Å². The first-order chi connectivity index (χ1) is 6.21. The van der Waals surface area contributed by atoms with E-state index in [1.54, 1.807) is 6.19 Å². The normalized spacial score (nSPS) is 21.2. The fourth-order valence-corrected chi connectivity index (χ4v) is 1.83. The number of hydrogen-bond donors (Lipinski definition) is 2. The molecule has 0 aromatic rings. The van der Waals surface area contributed by atoms with E-state index >= 15 is 0 Å². The minimum absolute atomic E-state index is 0.565. The first-order valence-electron chi connectivity index (χ1n) is 4.61. The van der Waals surface area contributed by atoms with Crippen molar-refractivity contribution >= 4 is 5.97 Å². The van der Waals surface area contributed by atoms with Crippen LogP contribution in [0.3, 0.4) is 0 Å². The lowest BCUT2D eigenvalue weighted by molar-refractivity contribution is -0.145. The minimum atomic E-state index is -0.981. The third-order valence-corrected chi connectivity index (χ3v) is 2.66. The highest BCUT2D eigenvalue weighted by Crippen LogP contribution is 2.27. The lowest BCUT2D eigenvalue weighted by Gasteiger charge is -2.25. The quantitative estimate of drug-likeness (QED) is 0.383. The fraction of sp³-hybridized carbons (Fsp3) is 0.778. The van der Waals surface area contributed by atoms with E-state index in [1.807, 2.05) is 0 Å². The molecular formula is C9H14N2O2. The second-order valence-electron chi connectivity index (χ2n) is 3.54. The largest absolute Gasteiger partial charge is 0.479 e. The third-order valence-electron chi connectivity index (χ3n) is 2.66. The highest BCUT2D eigenvalue weighted by Gasteiger charge is 2.38. The molecule has 1 aliphatic carbocycles. The van der Waals surface area contributed by atoms with E-state index in [0.717, 1.165) is 25.7 Å². The Morgan fingerprint density at radius 1 is 1.31 bits per heavy atom. The molecule has 1 rings (SSSR count). The zero-order chi connectivity index (χ0) is 9.73. The number of carboxylic acid groups (broad SMARTS) is 1. The molecule has 0 saturated heterocycles. The van der Waals surface area contributed by atoms with Gasteiger partial charge >= 0.3 is 5.97 Å². The van der Waals surface area contributed by atoms with Crippen molar-refractivity contribution in [3.05, 3.63) is 0 Å². The van der Waals surface area contributed by atoms with E-state index in [0.29, 0.717) is 12.8 Å². The van der Waals surface area contributed by atoms with Gasteiger partial charge in [0.25, 0.3) is 0 Å². The summed E-state index contributed by atoms with van der Waals surface area (Å²) in [4.78, 5) is 11.0. The van der Waals surface area contributed by atoms with Crippen LogP contribution < -0.4 is 5.32 Å². The molecule has 0 unspecified atom stereocenters. The number of hydrogen-bond acceptors (Lipinski definition) is 3. The smallest absolute Gasteiger partial charge is 0.330 e. The molecule has 0 radical (unpaired) electrons. The van der Waals surface area contributed by atoms with E-state index < -0.39 is 11.5 Å². The number of nitrogens with one attached hydrogen (secondary N) is 1. The van der Waals surface area contributed by atoms with Crippen LogP contribution in [0.1, 0.15) is 38.5 Å². The van der Waals surface area contributed by atoms with Gasteiger partial charge in [-0.25, -0.2) is 4.79 Å². The predicted octanol–water partition coefficient (Wildman–Crippen LogP) is 1.23. The molecule has 0 spiro atoms. The topological polar surface area (TPSA) is 73.1 Å². The summed E-state index contributed by atoms with van der Waals surface area (Å²) in [5.41, 5.74) is -0.981. The van der Waals surface area contributed by atoms with E-state index in [2.05, 4.69) is 5.32 Å². The van der Waals surface area contributed by atoms with Gasteiger partial charge in [-0.2, -0.15) is 5.26 Å². The predicted molar refractivity (Wildman–Crippen MR) is 46.8 cm³/mol. The second-order valence-corrected chi connectivity index (χ2v) is 3.54. The van der Waals surface area contributed by atoms with Gasteiger partial charge in [0.1, 0.15) is 5.54 Å². The van der Waals surface area contributed by atoms with Crippen molar-refractivity contribution in [3.8, 4) is 6.19 Å². The van der Waals surface area contributed by atoms with Crippen LogP contribution in [0.15, 0.2) is 0 Å². The number of nitrogens with zero attached hydrogens (tertiary/aromatic N) is 1. The van der Waals surface area contributed by atoms with Crippen LogP contribution in [0.2, 0.25) is 0 Å². The van der Waals surface area contributed by atoms with Crippen molar-refractivity contribution < 1.29 is 9.90 Å². The van der Waals surface area contributed by atoms with Crippen molar-refractivity contribution in [1.29, 1.82) is 5.26 Å². The van der Waals surface area contributed by atoms with E-state index in [9.17, 15) is 4.79 Å². The summed E-state index contributed by atoms with van der Waals surface area (Å²) < 4.78 is 0. The highest BCUT2D eigenvalue weighted by molar-refractivity contribution is 5.79. The van der Waals surface area contributed by atoms with Crippen LogP contribution in [0.5, 0.6) is 0 Å². The lowest BCUT2D eigenvalue weighted by atomic mass is 9.91. The molecule has 1 saturated carbocycles. The van der Waals surface area contributed by atoms with Crippen LogP contribution in [0, 0.1) is 11.5 Å². The van der Waals surface area contributed by atoms with Crippen molar-refractivity contribution in [2.24, 2.45) is 0 Å². The number of carboxylic acids is 1. The van der Waals surface area contributed by atoms with Crippen molar-refractivity contribution in [3.63, 3.8) is 0 Å². The molecule has 0 aromatic heterocycles. The lowest BCUT2D eigenvalue weighted by Crippen LogP contribution is -2.49. The molecule has 0 heterocycles. The van der Waals surface area contributed by atoms with Crippen LogP contribution in [-0.2, 0) is 4.79 Å². The summed E-state index contributed by atoms with van der Waals surface area (Å²) in [5, 5.41) is 20.0.